The van der Waals surface area contributed by atoms with Gasteiger partial charge in [0.15, 0.2) is 0 Å². The van der Waals surface area contributed by atoms with Crippen molar-refractivity contribution < 1.29 is 4.79 Å². The van der Waals surface area contributed by atoms with Crippen LogP contribution in [-0.4, -0.2) is 21.6 Å². The average molecular weight is 413 g/mol. The van der Waals surface area contributed by atoms with E-state index in [1.54, 1.807) is 6.20 Å². The lowest BCUT2D eigenvalue weighted by atomic mass is 10.0. The molecule has 2 heterocycles. The van der Waals surface area contributed by atoms with Gasteiger partial charge in [0.25, 0.3) is 5.91 Å². The Hall–Kier alpha value is -3.47. The highest BCUT2D eigenvalue weighted by Gasteiger charge is 2.22. The molecule has 1 N–H and O–H groups in total. The summed E-state index contributed by atoms with van der Waals surface area (Å²) in [4.78, 5) is 24.2. The summed E-state index contributed by atoms with van der Waals surface area (Å²) < 4.78 is 0. The lowest BCUT2D eigenvalue weighted by Crippen LogP contribution is -2.33. The third kappa shape index (κ3) is 5.37. The molecule has 0 saturated heterocycles. The molecule has 158 valence electrons. The Morgan fingerprint density at radius 1 is 1.06 bits per heavy atom. The maximum Gasteiger partial charge on any atom is 0.251 e. The van der Waals surface area contributed by atoms with Crippen LogP contribution >= 0.6 is 0 Å². The van der Waals surface area contributed by atoms with E-state index in [1.165, 1.54) is 5.56 Å². The van der Waals surface area contributed by atoms with Gasteiger partial charge in [-0.1, -0.05) is 56.3 Å². The number of carbonyl (C=O) groups excluding carboxylic acids is 1. The van der Waals surface area contributed by atoms with Gasteiger partial charge in [-0.3, -0.25) is 9.78 Å². The molecular formula is C26H28N4O. The standard InChI is InChI=1S/C26H28N4O/c1-19(2)13-25-29-24-14-22(26(31)28-16-20-7-4-3-5-8-20)10-11-23(24)18-30(25)17-21-9-6-12-27-15-21/h3-12,14-15,19H,13,16-18H2,1-2H3,(H,28,31). The molecule has 31 heavy (non-hydrogen) atoms. The van der Waals surface area contributed by atoms with E-state index in [9.17, 15) is 4.79 Å². The molecule has 0 fully saturated rings. The minimum absolute atomic E-state index is 0.0787. The number of hydrogen-bond acceptors (Lipinski definition) is 4. The molecular weight excluding hydrogens is 384 g/mol. The number of fused-ring (bicyclic) bond motifs is 1. The number of rotatable bonds is 7. The molecule has 0 bridgehead atoms. The number of nitrogens with one attached hydrogen (secondary N) is 1. The molecule has 0 unspecified atom stereocenters. The van der Waals surface area contributed by atoms with Gasteiger partial charge in [0, 0.05) is 44.0 Å². The number of hydrogen-bond donors (Lipinski definition) is 1. The van der Waals surface area contributed by atoms with Gasteiger partial charge in [-0.05, 0) is 40.8 Å². The van der Waals surface area contributed by atoms with Crippen molar-refractivity contribution in [3.05, 3.63) is 95.3 Å². The molecule has 2 aromatic carbocycles. The normalized spacial score (nSPS) is 13.0. The lowest BCUT2D eigenvalue weighted by Gasteiger charge is -2.31. The van der Waals surface area contributed by atoms with E-state index in [0.29, 0.717) is 18.0 Å². The van der Waals surface area contributed by atoms with Gasteiger partial charge in [0.2, 0.25) is 0 Å². The number of amides is 1. The van der Waals surface area contributed by atoms with Crippen LogP contribution in [0.25, 0.3) is 0 Å². The van der Waals surface area contributed by atoms with Gasteiger partial charge >= 0.3 is 0 Å². The fraction of sp³-hybridized carbons (Fsp3) is 0.269. The highest BCUT2D eigenvalue weighted by molar-refractivity contribution is 5.96. The number of aliphatic imine (C=N–C) groups is 1. The summed E-state index contributed by atoms with van der Waals surface area (Å²) in [6.07, 6.45) is 4.59. The minimum atomic E-state index is -0.0787. The molecule has 0 aliphatic carbocycles. The molecule has 1 aliphatic rings. The molecule has 1 aliphatic heterocycles. The SMILES string of the molecule is CC(C)CC1=Nc2cc(C(=O)NCc3ccccc3)ccc2CN1Cc1cccnc1. The Morgan fingerprint density at radius 2 is 1.87 bits per heavy atom. The Labute approximate surface area is 183 Å². The van der Waals surface area contributed by atoms with Crippen LogP contribution in [0, 0.1) is 5.92 Å². The zero-order valence-electron chi connectivity index (χ0n) is 18.1. The lowest BCUT2D eigenvalue weighted by molar-refractivity contribution is 0.0951. The van der Waals surface area contributed by atoms with Crippen LogP contribution in [0.1, 0.15) is 47.3 Å². The first kappa shape index (κ1) is 20.8. The predicted molar refractivity (Wildman–Crippen MR) is 124 cm³/mol. The molecule has 0 atom stereocenters. The highest BCUT2D eigenvalue weighted by atomic mass is 16.1. The predicted octanol–water partition coefficient (Wildman–Crippen LogP) is 5.10. The van der Waals surface area contributed by atoms with Crippen LogP contribution in [0.2, 0.25) is 0 Å². The Kier molecular flexibility index (Phi) is 6.41. The van der Waals surface area contributed by atoms with Gasteiger partial charge in [-0.2, -0.15) is 0 Å². The maximum absolute atomic E-state index is 12.7. The summed E-state index contributed by atoms with van der Waals surface area (Å²) in [5.74, 6) is 1.48. The second-order valence-corrected chi connectivity index (χ2v) is 8.36. The number of benzene rings is 2. The second-order valence-electron chi connectivity index (χ2n) is 8.36. The summed E-state index contributed by atoms with van der Waals surface area (Å²) >= 11 is 0. The number of nitrogens with zero attached hydrogens (tertiary/aromatic N) is 3. The highest BCUT2D eigenvalue weighted by Crippen LogP contribution is 2.30. The zero-order valence-corrected chi connectivity index (χ0v) is 18.1. The monoisotopic (exact) mass is 412 g/mol. The van der Waals surface area contributed by atoms with E-state index in [0.717, 1.165) is 42.2 Å². The quantitative estimate of drug-likeness (QED) is 0.587. The van der Waals surface area contributed by atoms with E-state index in [-0.39, 0.29) is 5.91 Å². The van der Waals surface area contributed by atoms with Crippen molar-refractivity contribution in [1.29, 1.82) is 0 Å². The van der Waals surface area contributed by atoms with Crippen molar-refractivity contribution in [2.75, 3.05) is 0 Å². The first-order valence-corrected chi connectivity index (χ1v) is 10.7. The zero-order chi connectivity index (χ0) is 21.6. The summed E-state index contributed by atoms with van der Waals surface area (Å²) in [6, 6.07) is 19.8. The summed E-state index contributed by atoms with van der Waals surface area (Å²) in [5.41, 5.74) is 4.92. The van der Waals surface area contributed by atoms with Gasteiger partial charge in [-0.25, -0.2) is 4.99 Å². The summed E-state index contributed by atoms with van der Waals surface area (Å²) in [5, 5.41) is 3.00. The third-order valence-corrected chi connectivity index (χ3v) is 5.31. The van der Waals surface area contributed by atoms with Crippen molar-refractivity contribution in [1.82, 2.24) is 15.2 Å². The smallest absolute Gasteiger partial charge is 0.251 e. The van der Waals surface area contributed by atoms with Crippen LogP contribution in [0.4, 0.5) is 5.69 Å². The number of amidine groups is 1. The molecule has 1 aromatic heterocycles. The van der Waals surface area contributed by atoms with E-state index >= 15 is 0 Å². The summed E-state index contributed by atoms with van der Waals surface area (Å²) in [7, 11) is 0. The Bertz CT molecular complexity index is 1060. The van der Waals surface area contributed by atoms with Crippen molar-refractivity contribution in [2.45, 2.75) is 39.9 Å². The Morgan fingerprint density at radius 3 is 2.61 bits per heavy atom. The van der Waals surface area contributed by atoms with Crippen LogP contribution < -0.4 is 5.32 Å². The van der Waals surface area contributed by atoms with Crippen LogP contribution in [-0.2, 0) is 19.6 Å². The third-order valence-electron chi connectivity index (χ3n) is 5.31. The minimum Gasteiger partial charge on any atom is -0.351 e. The Balaban J connectivity index is 1.53. The van der Waals surface area contributed by atoms with Crippen molar-refractivity contribution in [3.8, 4) is 0 Å². The summed E-state index contributed by atoms with van der Waals surface area (Å²) in [6.45, 7) is 6.47. The van der Waals surface area contributed by atoms with Crippen molar-refractivity contribution >= 4 is 17.4 Å². The molecule has 3 aromatic rings. The van der Waals surface area contributed by atoms with Crippen molar-refractivity contribution in [2.24, 2.45) is 10.9 Å². The van der Waals surface area contributed by atoms with Gasteiger partial charge in [0.05, 0.1) is 5.69 Å². The molecule has 0 saturated carbocycles. The average Bonchev–Trinajstić information content (AvgIpc) is 2.78. The van der Waals surface area contributed by atoms with Crippen LogP contribution in [0.15, 0.2) is 78.0 Å². The van der Waals surface area contributed by atoms with E-state index in [1.807, 2.05) is 60.8 Å². The van der Waals surface area contributed by atoms with Crippen molar-refractivity contribution in [3.63, 3.8) is 0 Å². The number of pyridine rings is 1. The molecule has 0 spiro atoms. The fourth-order valence-corrected chi connectivity index (χ4v) is 3.73. The first-order chi connectivity index (χ1) is 15.1. The van der Waals surface area contributed by atoms with E-state index in [2.05, 4.69) is 35.1 Å². The molecule has 0 radical (unpaired) electrons. The number of carbonyl (C=O) groups is 1. The van der Waals surface area contributed by atoms with Gasteiger partial charge < -0.3 is 10.2 Å². The largest absolute Gasteiger partial charge is 0.351 e. The van der Waals surface area contributed by atoms with Gasteiger partial charge in [0.1, 0.15) is 5.84 Å². The number of aromatic nitrogens is 1. The maximum atomic E-state index is 12.7. The molecule has 5 heteroatoms. The van der Waals surface area contributed by atoms with Gasteiger partial charge in [-0.15, -0.1) is 0 Å². The first-order valence-electron chi connectivity index (χ1n) is 10.7. The van der Waals surface area contributed by atoms with Crippen LogP contribution in [0.5, 0.6) is 0 Å². The van der Waals surface area contributed by atoms with E-state index < -0.39 is 0 Å². The van der Waals surface area contributed by atoms with E-state index in [4.69, 9.17) is 4.99 Å². The topological polar surface area (TPSA) is 57.6 Å². The molecule has 5 nitrogen and oxygen atoms in total. The fourth-order valence-electron chi connectivity index (χ4n) is 3.73. The molecule has 4 rings (SSSR count). The molecule has 1 amide bonds. The second kappa shape index (κ2) is 9.56. The van der Waals surface area contributed by atoms with Crippen LogP contribution in [0.3, 0.4) is 0 Å².